The summed E-state index contributed by atoms with van der Waals surface area (Å²) >= 11 is 4.74. The van der Waals surface area contributed by atoms with Crippen LogP contribution in [-0.4, -0.2) is 23.1 Å². The molecule has 0 aliphatic heterocycles. The van der Waals surface area contributed by atoms with Crippen molar-refractivity contribution in [3.63, 3.8) is 0 Å². The summed E-state index contributed by atoms with van der Waals surface area (Å²) in [6.07, 6.45) is 2.52. The van der Waals surface area contributed by atoms with Gasteiger partial charge in [-0.25, -0.2) is 0 Å². The molecule has 0 amide bonds. The van der Waals surface area contributed by atoms with Gasteiger partial charge in [-0.15, -0.1) is 0 Å². The Bertz CT molecular complexity index is 109. The molecule has 0 aromatic carbocycles. The predicted octanol–water partition coefficient (Wildman–Crippen LogP) is 0.324. The van der Waals surface area contributed by atoms with Gasteiger partial charge in [0.15, 0.2) is 5.11 Å². The maximum atomic E-state index is 5.33. The molecule has 0 radical (unpaired) electrons. The Morgan fingerprint density at radius 3 is 2.38 bits per heavy atom. The second kappa shape index (κ2) is 1.90. The molecule has 0 saturated heterocycles. The SMILES string of the molecule is CN(C(N)=S)C1CC1. The third-order valence-electron chi connectivity index (χ3n) is 1.44. The highest BCUT2D eigenvalue weighted by Crippen LogP contribution is 2.24. The molecule has 0 aromatic heterocycles. The summed E-state index contributed by atoms with van der Waals surface area (Å²) < 4.78 is 0. The Morgan fingerprint density at radius 2 is 2.25 bits per heavy atom. The second-order valence-electron chi connectivity index (χ2n) is 2.18. The summed E-state index contributed by atoms with van der Waals surface area (Å²) in [5, 5.41) is 0.521. The molecule has 3 heteroatoms. The molecular weight excluding hydrogens is 120 g/mol. The van der Waals surface area contributed by atoms with E-state index in [1.807, 2.05) is 11.9 Å². The van der Waals surface area contributed by atoms with Gasteiger partial charge in [0.05, 0.1) is 0 Å². The van der Waals surface area contributed by atoms with Crippen molar-refractivity contribution in [1.82, 2.24) is 4.90 Å². The van der Waals surface area contributed by atoms with Gasteiger partial charge in [0.2, 0.25) is 0 Å². The summed E-state index contributed by atoms with van der Waals surface area (Å²) in [6, 6.07) is 0.660. The number of hydrogen-bond donors (Lipinski definition) is 1. The summed E-state index contributed by atoms with van der Waals surface area (Å²) in [5.74, 6) is 0. The molecule has 0 spiro atoms. The van der Waals surface area contributed by atoms with Crippen LogP contribution in [0, 0.1) is 0 Å². The van der Waals surface area contributed by atoms with E-state index in [1.54, 1.807) is 0 Å². The lowest BCUT2D eigenvalue weighted by Gasteiger charge is -2.14. The van der Waals surface area contributed by atoms with E-state index in [2.05, 4.69) is 0 Å². The standard InChI is InChI=1S/C5H10N2S/c1-7(5(6)8)4-2-3-4/h4H,2-3H2,1H3,(H2,6,8). The topological polar surface area (TPSA) is 29.3 Å². The molecule has 0 heterocycles. The Balaban J connectivity index is 2.32. The highest BCUT2D eigenvalue weighted by Gasteiger charge is 2.26. The van der Waals surface area contributed by atoms with Crippen LogP contribution in [0.3, 0.4) is 0 Å². The molecule has 2 N–H and O–H groups in total. The van der Waals surface area contributed by atoms with Gasteiger partial charge < -0.3 is 10.6 Å². The zero-order valence-corrected chi connectivity index (χ0v) is 5.74. The summed E-state index contributed by atoms with van der Waals surface area (Å²) in [7, 11) is 1.94. The maximum Gasteiger partial charge on any atom is 0.166 e. The van der Waals surface area contributed by atoms with Crippen LogP contribution in [0.2, 0.25) is 0 Å². The van der Waals surface area contributed by atoms with Gasteiger partial charge in [0, 0.05) is 13.1 Å². The van der Waals surface area contributed by atoms with Gasteiger partial charge in [-0.1, -0.05) is 0 Å². The minimum atomic E-state index is 0.521. The van der Waals surface area contributed by atoms with Crippen LogP contribution >= 0.6 is 12.2 Å². The second-order valence-corrected chi connectivity index (χ2v) is 2.60. The smallest absolute Gasteiger partial charge is 0.166 e. The van der Waals surface area contributed by atoms with E-state index >= 15 is 0 Å². The molecule has 1 rings (SSSR count). The lowest BCUT2D eigenvalue weighted by Crippen LogP contribution is -2.33. The molecule has 0 unspecified atom stereocenters. The fourth-order valence-electron chi connectivity index (χ4n) is 0.642. The van der Waals surface area contributed by atoms with Crippen LogP contribution in [-0.2, 0) is 0 Å². The van der Waals surface area contributed by atoms with Gasteiger partial charge in [-0.2, -0.15) is 0 Å². The molecule has 46 valence electrons. The first-order valence-corrected chi connectivity index (χ1v) is 3.15. The number of nitrogens with two attached hydrogens (primary N) is 1. The fourth-order valence-corrected chi connectivity index (χ4v) is 0.791. The molecule has 2 nitrogen and oxygen atoms in total. The normalized spacial score (nSPS) is 18.1. The largest absolute Gasteiger partial charge is 0.376 e. The van der Waals surface area contributed by atoms with Gasteiger partial charge in [-0.3, -0.25) is 0 Å². The van der Waals surface area contributed by atoms with E-state index in [0.29, 0.717) is 11.2 Å². The third kappa shape index (κ3) is 1.10. The van der Waals surface area contributed by atoms with Crippen molar-refractivity contribution in [2.45, 2.75) is 18.9 Å². The van der Waals surface area contributed by atoms with Gasteiger partial charge in [0.1, 0.15) is 0 Å². The first kappa shape index (κ1) is 5.82. The highest BCUT2D eigenvalue weighted by atomic mass is 32.1. The average Bonchev–Trinajstić information content (AvgIpc) is 2.43. The van der Waals surface area contributed by atoms with Crippen molar-refractivity contribution in [3.8, 4) is 0 Å². The van der Waals surface area contributed by atoms with Gasteiger partial charge >= 0.3 is 0 Å². The Labute approximate surface area is 54.7 Å². The van der Waals surface area contributed by atoms with Gasteiger partial charge in [-0.05, 0) is 25.1 Å². The van der Waals surface area contributed by atoms with Crippen LogP contribution < -0.4 is 5.73 Å². The molecule has 1 aliphatic carbocycles. The lowest BCUT2D eigenvalue weighted by molar-refractivity contribution is 0.500. The average molecular weight is 130 g/mol. The highest BCUT2D eigenvalue weighted by molar-refractivity contribution is 7.80. The Kier molecular flexibility index (Phi) is 1.38. The number of thiocarbonyl (C=S) groups is 1. The zero-order valence-electron chi connectivity index (χ0n) is 4.92. The van der Waals surface area contributed by atoms with E-state index in [1.165, 1.54) is 12.8 Å². The first-order valence-electron chi connectivity index (χ1n) is 2.74. The maximum absolute atomic E-state index is 5.33. The van der Waals surface area contributed by atoms with Crippen molar-refractivity contribution >= 4 is 17.3 Å². The summed E-state index contributed by atoms with van der Waals surface area (Å²) in [5.41, 5.74) is 5.33. The molecule has 0 aromatic rings. The number of rotatable bonds is 1. The zero-order chi connectivity index (χ0) is 6.15. The Morgan fingerprint density at radius 1 is 1.75 bits per heavy atom. The van der Waals surface area contributed by atoms with Crippen molar-refractivity contribution in [3.05, 3.63) is 0 Å². The van der Waals surface area contributed by atoms with Crippen LogP contribution in [0.1, 0.15) is 12.8 Å². The molecular formula is C5H10N2S. The summed E-state index contributed by atoms with van der Waals surface area (Å²) in [6.45, 7) is 0. The molecule has 0 atom stereocenters. The van der Waals surface area contributed by atoms with Crippen molar-refractivity contribution < 1.29 is 0 Å². The quantitative estimate of drug-likeness (QED) is 0.518. The minimum Gasteiger partial charge on any atom is -0.376 e. The molecule has 1 saturated carbocycles. The van der Waals surface area contributed by atoms with Crippen LogP contribution in [0.4, 0.5) is 0 Å². The van der Waals surface area contributed by atoms with E-state index in [4.69, 9.17) is 18.0 Å². The van der Waals surface area contributed by atoms with E-state index in [0.717, 1.165) is 0 Å². The molecule has 0 bridgehead atoms. The van der Waals surface area contributed by atoms with Crippen molar-refractivity contribution in [1.29, 1.82) is 0 Å². The molecule has 1 fully saturated rings. The van der Waals surface area contributed by atoms with Crippen LogP contribution in [0.5, 0.6) is 0 Å². The van der Waals surface area contributed by atoms with Crippen LogP contribution in [0.15, 0.2) is 0 Å². The van der Waals surface area contributed by atoms with Crippen molar-refractivity contribution in [2.24, 2.45) is 5.73 Å². The number of nitrogens with zero attached hydrogens (tertiary/aromatic N) is 1. The van der Waals surface area contributed by atoms with E-state index in [-0.39, 0.29) is 0 Å². The summed E-state index contributed by atoms with van der Waals surface area (Å²) in [4.78, 5) is 1.95. The minimum absolute atomic E-state index is 0.521. The van der Waals surface area contributed by atoms with Gasteiger partial charge in [0.25, 0.3) is 0 Å². The van der Waals surface area contributed by atoms with E-state index < -0.39 is 0 Å². The lowest BCUT2D eigenvalue weighted by atomic mass is 10.6. The predicted molar refractivity (Wildman–Crippen MR) is 37.6 cm³/mol. The molecule has 8 heavy (non-hydrogen) atoms. The van der Waals surface area contributed by atoms with Crippen LogP contribution in [0.25, 0.3) is 0 Å². The Hall–Kier alpha value is -0.310. The van der Waals surface area contributed by atoms with E-state index in [9.17, 15) is 0 Å². The first-order chi connectivity index (χ1) is 3.72. The molecule has 1 aliphatic rings. The monoisotopic (exact) mass is 130 g/mol. The fraction of sp³-hybridized carbons (Fsp3) is 0.800. The number of hydrogen-bond acceptors (Lipinski definition) is 1. The third-order valence-corrected chi connectivity index (χ3v) is 1.73. The van der Waals surface area contributed by atoms with Crippen molar-refractivity contribution in [2.75, 3.05) is 7.05 Å².